The first-order chi connectivity index (χ1) is 10.6. The molecule has 0 unspecified atom stereocenters. The maximum absolute atomic E-state index is 6.21. The zero-order chi connectivity index (χ0) is 15.3. The van der Waals surface area contributed by atoms with E-state index in [1.165, 1.54) is 28.6 Å². The van der Waals surface area contributed by atoms with Gasteiger partial charge < -0.3 is 0 Å². The fraction of sp³-hybridized carbons (Fsp3) is 0. The van der Waals surface area contributed by atoms with Gasteiger partial charge in [-0.1, -0.05) is 23.2 Å². The molecule has 0 atom stereocenters. The highest BCUT2D eigenvalue weighted by Crippen LogP contribution is 2.49. The molecule has 0 radical (unpaired) electrons. The number of benzene rings is 3. The number of halogens is 3. The first-order valence-electron chi connectivity index (χ1n) is 6.73. The number of fused-ring (bicyclic) bond motifs is 3. The molecule has 4 rings (SSSR count). The standard InChI is InChI=1S/C18H10Cl2IS/c19-11-1-7-17-15(9-11)16-10-12(20)2-8-18(16)22(17)14-5-3-13(21)4-6-14/h1-10H/q+1. The molecule has 0 nitrogen and oxygen atoms in total. The number of rotatable bonds is 1. The summed E-state index contributed by atoms with van der Waals surface area (Å²) in [6, 6.07) is 21.1. The summed E-state index contributed by atoms with van der Waals surface area (Å²) in [6.45, 7) is 0. The van der Waals surface area contributed by atoms with Crippen molar-refractivity contribution in [2.75, 3.05) is 0 Å². The molecule has 0 aliphatic carbocycles. The monoisotopic (exact) mass is 455 g/mol. The van der Waals surface area contributed by atoms with E-state index in [1.54, 1.807) is 0 Å². The molecule has 0 saturated carbocycles. The Morgan fingerprint density at radius 2 is 1.18 bits per heavy atom. The van der Waals surface area contributed by atoms with E-state index in [2.05, 4.69) is 59.0 Å². The third-order valence-corrected chi connectivity index (χ3v) is 7.19. The summed E-state index contributed by atoms with van der Waals surface area (Å²) in [4.78, 5) is 1.32. The van der Waals surface area contributed by atoms with Crippen molar-refractivity contribution in [1.29, 1.82) is 0 Å². The molecule has 3 aromatic carbocycles. The Bertz CT molecular complexity index is 944. The van der Waals surface area contributed by atoms with Crippen molar-refractivity contribution in [3.8, 4) is 4.90 Å². The van der Waals surface area contributed by atoms with Crippen LogP contribution in [-0.2, 0) is 0 Å². The van der Waals surface area contributed by atoms with Crippen molar-refractivity contribution in [2.45, 2.75) is 0 Å². The van der Waals surface area contributed by atoms with E-state index in [0.717, 1.165) is 10.0 Å². The van der Waals surface area contributed by atoms with Crippen LogP contribution in [-0.4, -0.2) is 0 Å². The maximum atomic E-state index is 6.21. The molecule has 108 valence electrons. The van der Waals surface area contributed by atoms with Gasteiger partial charge in [0.05, 0.1) is 0 Å². The highest BCUT2D eigenvalue weighted by atomic mass is 127. The minimum atomic E-state index is -0.0860. The van der Waals surface area contributed by atoms with Gasteiger partial charge in [0.15, 0.2) is 14.3 Å². The Hall–Kier alpha value is -0.810. The second kappa shape index (κ2) is 5.68. The predicted octanol–water partition coefficient (Wildman–Crippen LogP) is 7.64. The van der Waals surface area contributed by atoms with Gasteiger partial charge in [-0.3, -0.25) is 0 Å². The fourth-order valence-electron chi connectivity index (χ4n) is 2.72. The van der Waals surface area contributed by atoms with Crippen molar-refractivity contribution in [2.24, 2.45) is 0 Å². The van der Waals surface area contributed by atoms with Crippen molar-refractivity contribution >= 4 is 76.4 Å². The first kappa shape index (κ1) is 14.8. The smallest absolute Gasteiger partial charge is 0.0843 e. The molecular weight excluding hydrogens is 446 g/mol. The summed E-state index contributed by atoms with van der Waals surface area (Å²) in [5.41, 5.74) is 0. The normalized spacial score (nSPS) is 11.4. The second-order valence-electron chi connectivity index (χ2n) is 5.04. The topological polar surface area (TPSA) is 0 Å². The Kier molecular flexibility index (Phi) is 3.81. The zero-order valence-corrected chi connectivity index (χ0v) is 15.8. The van der Waals surface area contributed by atoms with Gasteiger partial charge in [-0.2, -0.15) is 0 Å². The number of thiophene rings is 1. The highest BCUT2D eigenvalue weighted by Gasteiger charge is 2.23. The molecule has 1 heterocycles. The largest absolute Gasteiger partial charge is 0.187 e. The number of hydrogen-bond donors (Lipinski definition) is 0. The van der Waals surface area contributed by atoms with Gasteiger partial charge in [0.2, 0.25) is 0 Å². The van der Waals surface area contributed by atoms with E-state index in [-0.39, 0.29) is 10.5 Å². The van der Waals surface area contributed by atoms with E-state index < -0.39 is 0 Å². The molecule has 0 saturated heterocycles. The van der Waals surface area contributed by atoms with Gasteiger partial charge in [-0.05, 0) is 71.1 Å². The summed E-state index contributed by atoms with van der Waals surface area (Å²) >= 11 is 14.8. The molecule has 22 heavy (non-hydrogen) atoms. The van der Waals surface area contributed by atoms with Gasteiger partial charge in [-0.25, -0.2) is 0 Å². The van der Waals surface area contributed by atoms with Crippen molar-refractivity contribution in [3.05, 3.63) is 74.3 Å². The van der Waals surface area contributed by atoms with E-state index >= 15 is 0 Å². The third-order valence-electron chi connectivity index (χ3n) is 3.66. The molecular formula is C18H10Cl2IS+. The quantitative estimate of drug-likeness (QED) is 0.204. The van der Waals surface area contributed by atoms with Crippen LogP contribution in [0.5, 0.6) is 0 Å². The SMILES string of the molecule is Clc1ccc2c(c1)c1cc(Cl)ccc1[s+]2-c1ccc(I)cc1. The van der Waals surface area contributed by atoms with Crippen LogP contribution in [0.15, 0.2) is 60.7 Å². The lowest BCUT2D eigenvalue weighted by Gasteiger charge is -1.94. The van der Waals surface area contributed by atoms with E-state index in [4.69, 9.17) is 23.2 Å². The lowest BCUT2D eigenvalue weighted by Crippen LogP contribution is -1.72. The van der Waals surface area contributed by atoms with Crippen molar-refractivity contribution in [1.82, 2.24) is 0 Å². The molecule has 0 aliphatic rings. The van der Waals surface area contributed by atoms with Crippen LogP contribution >= 0.6 is 56.3 Å². The minimum absolute atomic E-state index is 0.0860. The van der Waals surface area contributed by atoms with E-state index in [0.29, 0.717) is 0 Å². The molecule has 4 heteroatoms. The van der Waals surface area contributed by atoms with Crippen LogP contribution in [0.2, 0.25) is 10.0 Å². The second-order valence-corrected chi connectivity index (χ2v) is 9.12. The van der Waals surface area contributed by atoms with Gasteiger partial charge in [0, 0.05) is 47.0 Å². The Balaban J connectivity index is 2.17. The van der Waals surface area contributed by atoms with Crippen LogP contribution in [0.3, 0.4) is 0 Å². The summed E-state index contributed by atoms with van der Waals surface area (Å²) < 4.78 is 3.89. The number of hydrogen-bond acceptors (Lipinski definition) is 0. The summed E-state index contributed by atoms with van der Waals surface area (Å²) in [5.74, 6) is 0. The van der Waals surface area contributed by atoms with Crippen LogP contribution in [0.25, 0.3) is 25.1 Å². The molecule has 1 aromatic heterocycles. The molecule has 0 amide bonds. The van der Waals surface area contributed by atoms with Gasteiger partial charge >= 0.3 is 0 Å². The molecule has 0 bridgehead atoms. The zero-order valence-electron chi connectivity index (χ0n) is 11.3. The molecule has 0 spiro atoms. The summed E-state index contributed by atoms with van der Waals surface area (Å²) in [5, 5.41) is 3.93. The Labute approximate surface area is 154 Å². The van der Waals surface area contributed by atoms with E-state index in [9.17, 15) is 0 Å². The summed E-state index contributed by atoms with van der Waals surface area (Å²) in [6.07, 6.45) is 0. The lowest BCUT2D eigenvalue weighted by molar-refractivity contribution is 1.68. The predicted molar refractivity (Wildman–Crippen MR) is 108 cm³/mol. The minimum Gasteiger partial charge on any atom is -0.0843 e. The average molecular weight is 456 g/mol. The lowest BCUT2D eigenvalue weighted by atomic mass is 10.1. The van der Waals surface area contributed by atoms with E-state index in [1.807, 2.05) is 24.3 Å². The van der Waals surface area contributed by atoms with Crippen LogP contribution in [0, 0.1) is 3.57 Å². The Morgan fingerprint density at radius 3 is 1.68 bits per heavy atom. The van der Waals surface area contributed by atoms with Crippen LogP contribution < -0.4 is 0 Å². The van der Waals surface area contributed by atoms with Gasteiger partial charge in [0.25, 0.3) is 0 Å². The summed E-state index contributed by atoms with van der Waals surface area (Å²) in [7, 11) is -0.0860. The van der Waals surface area contributed by atoms with Crippen LogP contribution in [0.4, 0.5) is 0 Å². The first-order valence-corrected chi connectivity index (χ1v) is 9.79. The van der Waals surface area contributed by atoms with Crippen LogP contribution in [0.1, 0.15) is 0 Å². The maximum Gasteiger partial charge on any atom is 0.187 e. The Morgan fingerprint density at radius 1 is 0.682 bits per heavy atom. The fourth-order valence-corrected chi connectivity index (χ4v) is 5.77. The van der Waals surface area contributed by atoms with Gasteiger partial charge in [-0.15, -0.1) is 0 Å². The molecule has 0 aliphatic heterocycles. The molecule has 0 N–H and O–H groups in total. The average Bonchev–Trinajstić information content (AvgIpc) is 2.81. The third kappa shape index (κ3) is 2.42. The molecule has 0 fully saturated rings. The van der Waals surface area contributed by atoms with Crippen molar-refractivity contribution in [3.63, 3.8) is 0 Å². The highest BCUT2D eigenvalue weighted by molar-refractivity contribution is 14.1. The van der Waals surface area contributed by atoms with Crippen molar-refractivity contribution < 1.29 is 0 Å². The van der Waals surface area contributed by atoms with Gasteiger partial charge in [0.1, 0.15) is 0 Å². The molecule has 4 aromatic rings.